The number of nitrogens with zero attached hydrogens (tertiary/aromatic N) is 1. The van der Waals surface area contributed by atoms with E-state index in [4.69, 9.17) is 4.74 Å². The highest BCUT2D eigenvalue weighted by atomic mass is 19.4. The molecule has 2 heterocycles. The predicted molar refractivity (Wildman–Crippen MR) is 106 cm³/mol. The van der Waals surface area contributed by atoms with Crippen molar-refractivity contribution in [3.05, 3.63) is 59.8 Å². The van der Waals surface area contributed by atoms with Crippen molar-refractivity contribution in [2.75, 3.05) is 7.11 Å². The van der Waals surface area contributed by atoms with E-state index in [9.17, 15) is 22.7 Å². The van der Waals surface area contributed by atoms with Gasteiger partial charge in [0.25, 0.3) is 0 Å². The highest BCUT2D eigenvalue weighted by Crippen LogP contribution is 2.42. The number of benzene rings is 1. The smallest absolute Gasteiger partial charge is 0.391 e. The fourth-order valence-corrected chi connectivity index (χ4v) is 4.17. The van der Waals surface area contributed by atoms with Crippen LogP contribution in [-0.4, -0.2) is 34.0 Å². The van der Waals surface area contributed by atoms with Gasteiger partial charge in [-0.1, -0.05) is 13.8 Å². The van der Waals surface area contributed by atoms with Gasteiger partial charge in [-0.15, -0.1) is 0 Å². The Labute approximate surface area is 171 Å². The van der Waals surface area contributed by atoms with Crippen molar-refractivity contribution >= 4 is 10.9 Å². The zero-order chi connectivity index (χ0) is 22.2. The number of alkyl halides is 3. The third-order valence-corrected chi connectivity index (χ3v) is 5.19. The highest BCUT2D eigenvalue weighted by Gasteiger charge is 2.45. The van der Waals surface area contributed by atoms with Crippen LogP contribution in [0.1, 0.15) is 37.9 Å². The number of rotatable bonds is 7. The summed E-state index contributed by atoms with van der Waals surface area (Å²) >= 11 is 0. The van der Waals surface area contributed by atoms with Gasteiger partial charge in [0, 0.05) is 29.3 Å². The van der Waals surface area contributed by atoms with Crippen molar-refractivity contribution in [3.8, 4) is 5.75 Å². The molecule has 3 rings (SSSR count). The van der Waals surface area contributed by atoms with Crippen LogP contribution in [0.2, 0.25) is 0 Å². The number of nitrogens with one attached hydrogen (secondary N) is 1. The van der Waals surface area contributed by atoms with Crippen LogP contribution < -0.4 is 4.74 Å². The van der Waals surface area contributed by atoms with Crippen LogP contribution in [0, 0.1) is 5.82 Å². The molecular formula is C22H24F4N2O2. The van der Waals surface area contributed by atoms with Gasteiger partial charge in [0.1, 0.15) is 11.6 Å². The molecule has 0 amide bonds. The quantitative estimate of drug-likeness (QED) is 0.506. The minimum atomic E-state index is -4.58. The van der Waals surface area contributed by atoms with E-state index in [2.05, 4.69) is 9.97 Å². The van der Waals surface area contributed by atoms with Gasteiger partial charge in [0.05, 0.1) is 30.8 Å². The molecule has 0 aliphatic heterocycles. The third kappa shape index (κ3) is 5.11. The average Bonchev–Trinajstić information content (AvgIpc) is 3.00. The summed E-state index contributed by atoms with van der Waals surface area (Å²) in [4.78, 5) is 7.01. The number of aromatic nitrogens is 2. The molecule has 4 nitrogen and oxygen atoms in total. The molecule has 2 N–H and O–H groups in total. The molecule has 30 heavy (non-hydrogen) atoms. The van der Waals surface area contributed by atoms with Crippen LogP contribution in [0.25, 0.3) is 10.9 Å². The van der Waals surface area contributed by atoms with E-state index in [0.29, 0.717) is 22.5 Å². The fraction of sp³-hybridized carbons (Fsp3) is 0.409. The van der Waals surface area contributed by atoms with Crippen LogP contribution in [0.4, 0.5) is 17.6 Å². The lowest BCUT2D eigenvalue weighted by atomic mass is 9.72. The summed E-state index contributed by atoms with van der Waals surface area (Å²) in [7, 11) is 1.41. The zero-order valence-corrected chi connectivity index (χ0v) is 17.0. The summed E-state index contributed by atoms with van der Waals surface area (Å²) in [5.41, 5.74) is -1.58. The highest BCUT2D eigenvalue weighted by molar-refractivity contribution is 5.79. The fourth-order valence-electron chi connectivity index (χ4n) is 4.17. The second kappa shape index (κ2) is 7.91. The van der Waals surface area contributed by atoms with Crippen molar-refractivity contribution in [3.63, 3.8) is 0 Å². The van der Waals surface area contributed by atoms with Gasteiger partial charge in [-0.25, -0.2) is 4.39 Å². The van der Waals surface area contributed by atoms with Crippen molar-refractivity contribution in [1.29, 1.82) is 0 Å². The maximum Gasteiger partial charge on any atom is 0.391 e. The molecule has 0 aliphatic rings. The predicted octanol–water partition coefficient (Wildman–Crippen LogP) is 5.30. The van der Waals surface area contributed by atoms with Crippen molar-refractivity contribution < 1.29 is 27.4 Å². The SMILES string of the molecule is COc1ccc(F)cc1C(C)(C)CC(O)(Cc1cc2ccncc2[nH]1)CC(F)(F)F. The van der Waals surface area contributed by atoms with Crippen LogP contribution in [0.3, 0.4) is 0 Å². The number of halogens is 4. The first-order valence-corrected chi connectivity index (χ1v) is 9.46. The molecule has 2 aromatic heterocycles. The Hall–Kier alpha value is -2.61. The van der Waals surface area contributed by atoms with E-state index in [1.54, 1.807) is 38.4 Å². The summed E-state index contributed by atoms with van der Waals surface area (Å²) in [6.07, 6.45) is -3.32. The second-order valence-corrected chi connectivity index (χ2v) is 8.36. The Balaban J connectivity index is 1.97. The van der Waals surface area contributed by atoms with Gasteiger partial charge in [-0.2, -0.15) is 13.2 Å². The molecule has 0 saturated carbocycles. The Morgan fingerprint density at radius 3 is 2.47 bits per heavy atom. The molecule has 8 heteroatoms. The van der Waals surface area contributed by atoms with Gasteiger partial charge >= 0.3 is 6.18 Å². The molecular weight excluding hydrogens is 400 g/mol. The van der Waals surface area contributed by atoms with E-state index >= 15 is 0 Å². The molecule has 0 radical (unpaired) electrons. The van der Waals surface area contributed by atoms with Crippen molar-refractivity contribution in [2.24, 2.45) is 0 Å². The zero-order valence-electron chi connectivity index (χ0n) is 17.0. The summed E-state index contributed by atoms with van der Waals surface area (Å²) in [6, 6.07) is 7.33. The Kier molecular flexibility index (Phi) is 5.82. The normalized spacial score (nSPS) is 14.7. The summed E-state index contributed by atoms with van der Waals surface area (Å²) in [5, 5.41) is 12.0. The summed E-state index contributed by atoms with van der Waals surface area (Å²) in [5.74, 6) is -0.172. The summed E-state index contributed by atoms with van der Waals surface area (Å²) < 4.78 is 59.3. The molecule has 0 bridgehead atoms. The maximum atomic E-state index is 13.9. The molecule has 1 unspecified atom stereocenters. The number of methoxy groups -OCH3 is 1. The largest absolute Gasteiger partial charge is 0.496 e. The molecule has 0 spiro atoms. The van der Waals surface area contributed by atoms with Crippen LogP contribution in [0.5, 0.6) is 5.75 Å². The van der Waals surface area contributed by atoms with E-state index < -0.39 is 29.4 Å². The van der Waals surface area contributed by atoms with E-state index in [1.165, 1.54) is 25.3 Å². The van der Waals surface area contributed by atoms with Gasteiger partial charge in [0.15, 0.2) is 0 Å². The Morgan fingerprint density at radius 2 is 1.83 bits per heavy atom. The number of H-pyrrole nitrogens is 1. The van der Waals surface area contributed by atoms with Gasteiger partial charge < -0.3 is 14.8 Å². The number of hydrogen-bond donors (Lipinski definition) is 2. The van der Waals surface area contributed by atoms with Gasteiger partial charge in [-0.3, -0.25) is 4.98 Å². The van der Waals surface area contributed by atoms with E-state index in [-0.39, 0.29) is 12.8 Å². The first-order chi connectivity index (χ1) is 13.9. The third-order valence-electron chi connectivity index (χ3n) is 5.19. The van der Waals surface area contributed by atoms with E-state index in [1.807, 2.05) is 0 Å². The van der Waals surface area contributed by atoms with Crippen molar-refractivity contribution in [2.45, 2.75) is 50.3 Å². The van der Waals surface area contributed by atoms with Crippen LogP contribution >= 0.6 is 0 Å². The molecule has 0 saturated heterocycles. The van der Waals surface area contributed by atoms with Crippen LogP contribution in [-0.2, 0) is 11.8 Å². The molecule has 162 valence electrons. The number of fused-ring (bicyclic) bond motifs is 1. The van der Waals surface area contributed by atoms with Gasteiger partial charge in [0.2, 0.25) is 0 Å². The number of hydrogen-bond acceptors (Lipinski definition) is 3. The first kappa shape index (κ1) is 22.1. The lowest BCUT2D eigenvalue weighted by Crippen LogP contribution is -2.42. The van der Waals surface area contributed by atoms with Gasteiger partial charge in [-0.05, 0) is 42.2 Å². The molecule has 3 aromatic rings. The lowest BCUT2D eigenvalue weighted by Gasteiger charge is -2.37. The topological polar surface area (TPSA) is 58.1 Å². The number of pyridine rings is 1. The van der Waals surface area contributed by atoms with Crippen LogP contribution in [0.15, 0.2) is 42.7 Å². The monoisotopic (exact) mass is 424 g/mol. The maximum absolute atomic E-state index is 13.9. The lowest BCUT2D eigenvalue weighted by molar-refractivity contribution is -0.180. The summed E-state index contributed by atoms with van der Waals surface area (Å²) in [6.45, 7) is 3.33. The molecule has 0 fully saturated rings. The standard InChI is InChI=1S/C22H24F4N2O2/c1-20(2,17-9-15(23)4-5-19(17)30-3)12-21(29,13-22(24,25)26)10-16-8-14-6-7-27-11-18(14)28-16/h4-9,11,28-29H,10,12-13H2,1-3H3. The average molecular weight is 424 g/mol. The second-order valence-electron chi connectivity index (χ2n) is 8.36. The molecule has 1 atom stereocenters. The first-order valence-electron chi connectivity index (χ1n) is 9.46. The number of aliphatic hydroxyl groups is 1. The number of aromatic amines is 1. The Bertz CT molecular complexity index is 996. The minimum Gasteiger partial charge on any atom is -0.496 e. The minimum absolute atomic E-state index is 0.248. The van der Waals surface area contributed by atoms with E-state index in [0.717, 1.165) is 5.39 Å². The Morgan fingerprint density at radius 1 is 1.10 bits per heavy atom. The van der Waals surface area contributed by atoms with Crippen molar-refractivity contribution in [1.82, 2.24) is 9.97 Å². The molecule has 1 aromatic carbocycles. The number of ether oxygens (including phenoxy) is 1. The molecule has 0 aliphatic carbocycles.